The molecular weight excluding hydrogens is 392 g/mol. The molecule has 0 bridgehead atoms. The standard InChI is InChI=1S/C20H31BrN4O/c1-26-18-2-3-19(21)17(13-18)12-16-5-9-24(14-16)8-4-15-6-10-25(11-7-15)20(22)23/h2-3,13,15-16H,4-12,14H2,1H3,(H3,22,23). The first-order valence-electron chi connectivity index (χ1n) is 9.69. The number of hydrogen-bond acceptors (Lipinski definition) is 3. The van der Waals surface area contributed by atoms with Crippen molar-refractivity contribution in [3.63, 3.8) is 0 Å². The Morgan fingerprint density at radius 1 is 1.23 bits per heavy atom. The number of benzene rings is 1. The maximum atomic E-state index is 7.53. The van der Waals surface area contributed by atoms with E-state index in [0.717, 1.165) is 37.1 Å². The van der Waals surface area contributed by atoms with Gasteiger partial charge in [0, 0.05) is 24.1 Å². The van der Waals surface area contributed by atoms with E-state index in [-0.39, 0.29) is 5.96 Å². The third-order valence-corrected chi connectivity index (χ3v) is 6.71. The first-order chi connectivity index (χ1) is 12.5. The average Bonchev–Trinajstić information content (AvgIpc) is 3.09. The number of methoxy groups -OCH3 is 1. The minimum absolute atomic E-state index is 0.231. The summed E-state index contributed by atoms with van der Waals surface area (Å²) in [6.07, 6.45) is 6.03. The van der Waals surface area contributed by atoms with Crippen molar-refractivity contribution in [2.24, 2.45) is 17.6 Å². The van der Waals surface area contributed by atoms with Crippen molar-refractivity contribution >= 4 is 21.9 Å². The highest BCUT2D eigenvalue weighted by Crippen LogP contribution is 2.29. The second-order valence-corrected chi connectivity index (χ2v) is 8.58. The number of hydrogen-bond donors (Lipinski definition) is 2. The molecule has 1 aromatic carbocycles. The van der Waals surface area contributed by atoms with Gasteiger partial charge in [-0.2, -0.15) is 0 Å². The Kier molecular flexibility index (Phi) is 6.81. The summed E-state index contributed by atoms with van der Waals surface area (Å²) in [7, 11) is 1.73. The highest BCUT2D eigenvalue weighted by molar-refractivity contribution is 9.10. The fourth-order valence-corrected chi connectivity index (χ4v) is 4.66. The topological polar surface area (TPSA) is 65.6 Å². The van der Waals surface area contributed by atoms with Gasteiger partial charge in [-0.05, 0) is 80.8 Å². The Morgan fingerprint density at radius 3 is 2.65 bits per heavy atom. The highest BCUT2D eigenvalue weighted by Gasteiger charge is 2.25. The van der Waals surface area contributed by atoms with Crippen LogP contribution in [0.2, 0.25) is 0 Å². The zero-order chi connectivity index (χ0) is 18.5. The number of nitrogens with two attached hydrogens (primary N) is 1. The van der Waals surface area contributed by atoms with Crippen LogP contribution in [0.25, 0.3) is 0 Å². The number of ether oxygens (including phenoxy) is 1. The van der Waals surface area contributed by atoms with Crippen molar-refractivity contribution in [2.45, 2.75) is 32.1 Å². The summed E-state index contributed by atoms with van der Waals surface area (Å²) < 4.78 is 6.56. The normalized spacial score (nSPS) is 21.9. The van der Waals surface area contributed by atoms with Crippen LogP contribution >= 0.6 is 15.9 Å². The Morgan fingerprint density at radius 2 is 1.96 bits per heavy atom. The van der Waals surface area contributed by atoms with Crippen molar-refractivity contribution in [3.8, 4) is 5.75 Å². The van der Waals surface area contributed by atoms with Gasteiger partial charge in [0.25, 0.3) is 0 Å². The van der Waals surface area contributed by atoms with Crippen LogP contribution in [0.3, 0.4) is 0 Å². The number of likely N-dealkylation sites (tertiary alicyclic amines) is 2. The van der Waals surface area contributed by atoms with Gasteiger partial charge in [-0.3, -0.25) is 5.41 Å². The lowest BCUT2D eigenvalue weighted by Gasteiger charge is -2.32. The average molecular weight is 423 g/mol. The molecule has 1 atom stereocenters. The number of rotatable bonds is 6. The van der Waals surface area contributed by atoms with E-state index in [0.29, 0.717) is 0 Å². The molecule has 0 spiro atoms. The smallest absolute Gasteiger partial charge is 0.188 e. The van der Waals surface area contributed by atoms with Crippen molar-refractivity contribution in [1.82, 2.24) is 9.80 Å². The molecule has 0 aromatic heterocycles. The highest BCUT2D eigenvalue weighted by atomic mass is 79.9. The van der Waals surface area contributed by atoms with Gasteiger partial charge in [0.15, 0.2) is 5.96 Å². The lowest BCUT2D eigenvalue weighted by Crippen LogP contribution is -2.42. The predicted octanol–water partition coefficient (Wildman–Crippen LogP) is 3.32. The summed E-state index contributed by atoms with van der Waals surface area (Å²) >= 11 is 3.68. The Hall–Kier alpha value is -1.27. The van der Waals surface area contributed by atoms with Crippen LogP contribution in [0.4, 0.5) is 0 Å². The second-order valence-electron chi connectivity index (χ2n) is 7.72. The van der Waals surface area contributed by atoms with E-state index < -0.39 is 0 Å². The minimum Gasteiger partial charge on any atom is -0.497 e. The zero-order valence-electron chi connectivity index (χ0n) is 15.7. The summed E-state index contributed by atoms with van der Waals surface area (Å²) in [5.74, 6) is 2.69. The Bertz CT molecular complexity index is 616. The van der Waals surface area contributed by atoms with Gasteiger partial charge in [-0.25, -0.2) is 0 Å². The molecule has 2 aliphatic rings. The summed E-state index contributed by atoms with van der Waals surface area (Å²) in [6.45, 7) is 5.54. The Labute approximate surface area is 165 Å². The third kappa shape index (κ3) is 5.13. The molecule has 0 saturated carbocycles. The number of nitrogens with zero attached hydrogens (tertiary/aromatic N) is 2. The molecule has 0 amide bonds. The first-order valence-corrected chi connectivity index (χ1v) is 10.5. The lowest BCUT2D eigenvalue weighted by molar-refractivity contribution is 0.222. The lowest BCUT2D eigenvalue weighted by atomic mass is 9.93. The molecule has 144 valence electrons. The molecular formula is C20H31BrN4O. The van der Waals surface area contributed by atoms with E-state index in [4.69, 9.17) is 15.9 Å². The molecule has 5 nitrogen and oxygen atoms in total. The molecule has 3 rings (SSSR count). The van der Waals surface area contributed by atoms with E-state index in [1.807, 2.05) is 11.0 Å². The third-order valence-electron chi connectivity index (χ3n) is 5.94. The van der Waals surface area contributed by atoms with Gasteiger partial charge in [0.1, 0.15) is 5.75 Å². The summed E-state index contributed by atoms with van der Waals surface area (Å²) in [5.41, 5.74) is 6.94. The van der Waals surface area contributed by atoms with Crippen LogP contribution < -0.4 is 10.5 Å². The minimum atomic E-state index is 0.231. The van der Waals surface area contributed by atoms with Gasteiger partial charge in [0.2, 0.25) is 0 Å². The number of halogens is 1. The van der Waals surface area contributed by atoms with Gasteiger partial charge in [-0.1, -0.05) is 15.9 Å². The van der Waals surface area contributed by atoms with E-state index >= 15 is 0 Å². The van der Waals surface area contributed by atoms with E-state index in [1.165, 1.54) is 55.4 Å². The number of piperidine rings is 1. The molecule has 0 aliphatic carbocycles. The fraction of sp³-hybridized carbons (Fsp3) is 0.650. The van der Waals surface area contributed by atoms with Gasteiger partial charge in [0.05, 0.1) is 7.11 Å². The van der Waals surface area contributed by atoms with Crippen molar-refractivity contribution in [3.05, 3.63) is 28.2 Å². The molecule has 26 heavy (non-hydrogen) atoms. The maximum Gasteiger partial charge on any atom is 0.188 e. The van der Waals surface area contributed by atoms with Crippen LogP contribution in [-0.4, -0.2) is 55.6 Å². The molecule has 1 unspecified atom stereocenters. The number of nitrogens with one attached hydrogen (secondary N) is 1. The molecule has 2 saturated heterocycles. The molecule has 6 heteroatoms. The Balaban J connectivity index is 1.41. The van der Waals surface area contributed by atoms with Gasteiger partial charge < -0.3 is 20.3 Å². The van der Waals surface area contributed by atoms with Gasteiger partial charge >= 0.3 is 0 Å². The molecule has 2 aliphatic heterocycles. The van der Waals surface area contributed by atoms with Crippen molar-refractivity contribution < 1.29 is 4.74 Å². The molecule has 2 fully saturated rings. The zero-order valence-corrected chi connectivity index (χ0v) is 17.3. The maximum absolute atomic E-state index is 7.53. The summed E-state index contributed by atoms with van der Waals surface area (Å²) in [4.78, 5) is 4.63. The summed E-state index contributed by atoms with van der Waals surface area (Å²) in [6, 6.07) is 6.26. The fourth-order valence-electron chi connectivity index (χ4n) is 4.26. The second kappa shape index (κ2) is 9.09. The summed E-state index contributed by atoms with van der Waals surface area (Å²) in [5, 5.41) is 7.53. The van der Waals surface area contributed by atoms with Crippen LogP contribution in [0.15, 0.2) is 22.7 Å². The SMILES string of the molecule is COc1ccc(Br)c(CC2CCN(CCC3CCN(C(=N)N)CC3)C2)c1. The van der Waals surface area contributed by atoms with Crippen molar-refractivity contribution in [2.75, 3.05) is 39.8 Å². The van der Waals surface area contributed by atoms with E-state index in [1.54, 1.807) is 7.11 Å². The molecule has 2 heterocycles. The van der Waals surface area contributed by atoms with Crippen LogP contribution in [0.1, 0.15) is 31.2 Å². The van der Waals surface area contributed by atoms with Gasteiger partial charge in [-0.15, -0.1) is 0 Å². The van der Waals surface area contributed by atoms with Crippen molar-refractivity contribution in [1.29, 1.82) is 5.41 Å². The first kappa shape index (κ1) is 19.5. The predicted molar refractivity (Wildman–Crippen MR) is 110 cm³/mol. The quantitative estimate of drug-likeness (QED) is 0.544. The largest absolute Gasteiger partial charge is 0.497 e. The molecule has 0 radical (unpaired) electrons. The van der Waals surface area contributed by atoms with Crippen LogP contribution in [-0.2, 0) is 6.42 Å². The van der Waals surface area contributed by atoms with Crippen LogP contribution in [0, 0.1) is 17.2 Å². The monoisotopic (exact) mass is 422 g/mol. The van der Waals surface area contributed by atoms with E-state index in [2.05, 4.69) is 33.0 Å². The van der Waals surface area contributed by atoms with Crippen LogP contribution in [0.5, 0.6) is 5.75 Å². The number of guanidine groups is 1. The molecule has 1 aromatic rings. The molecule has 3 N–H and O–H groups in total. The van der Waals surface area contributed by atoms with E-state index in [9.17, 15) is 0 Å².